The Bertz CT molecular complexity index is 420. The summed E-state index contributed by atoms with van der Waals surface area (Å²) in [7, 11) is 0. The van der Waals surface area contributed by atoms with Crippen molar-refractivity contribution < 1.29 is 29.9 Å². The van der Waals surface area contributed by atoms with Crippen molar-refractivity contribution in [1.29, 1.82) is 0 Å². The Labute approximate surface area is 117 Å². The van der Waals surface area contributed by atoms with Crippen molar-refractivity contribution in [2.75, 3.05) is 6.61 Å². The van der Waals surface area contributed by atoms with Gasteiger partial charge in [0.1, 0.15) is 18.0 Å². The van der Waals surface area contributed by atoms with Crippen molar-refractivity contribution >= 4 is 0 Å². The number of ether oxygens (including phenoxy) is 2. The summed E-state index contributed by atoms with van der Waals surface area (Å²) in [6.45, 7) is 1.46. The molecule has 1 aromatic carbocycles. The van der Waals surface area contributed by atoms with E-state index in [-0.39, 0.29) is 24.9 Å². The number of benzene rings is 1. The molecule has 2 rings (SSSR count). The highest BCUT2D eigenvalue weighted by atomic mass is 16.7. The Morgan fingerprint density at radius 1 is 1.25 bits per heavy atom. The Kier molecular flexibility index (Phi) is 4.95. The molecule has 5 atom stereocenters. The molecule has 1 heterocycles. The Balaban J connectivity index is 1.99. The Hall–Kier alpha value is -1.18. The quantitative estimate of drug-likeness (QED) is 0.634. The molecule has 112 valence electrons. The van der Waals surface area contributed by atoms with Gasteiger partial charge in [-0.25, -0.2) is 0 Å². The minimum absolute atomic E-state index is 0.0954. The van der Waals surface area contributed by atoms with E-state index in [4.69, 9.17) is 14.6 Å². The zero-order valence-corrected chi connectivity index (χ0v) is 11.2. The first kappa shape index (κ1) is 15.2. The third-order valence-corrected chi connectivity index (χ3v) is 3.42. The summed E-state index contributed by atoms with van der Waals surface area (Å²) >= 11 is 0. The molecule has 6 heteroatoms. The fraction of sp³-hybridized carbons (Fsp3) is 0.571. The molecule has 1 aromatic rings. The first-order valence-electron chi connectivity index (χ1n) is 6.58. The number of phenols is 1. The molecular weight excluding hydrogens is 264 g/mol. The van der Waals surface area contributed by atoms with Crippen LogP contribution in [0.1, 0.15) is 25.0 Å². The molecule has 1 saturated heterocycles. The fourth-order valence-corrected chi connectivity index (χ4v) is 2.18. The smallest absolute Gasteiger partial charge is 0.184 e. The van der Waals surface area contributed by atoms with E-state index in [1.807, 2.05) is 0 Å². The minimum Gasteiger partial charge on any atom is -0.508 e. The van der Waals surface area contributed by atoms with Gasteiger partial charge in [0, 0.05) is 6.42 Å². The normalized spacial score (nSPS) is 32.0. The van der Waals surface area contributed by atoms with Gasteiger partial charge in [0.15, 0.2) is 6.29 Å². The zero-order chi connectivity index (χ0) is 14.7. The molecule has 0 aliphatic carbocycles. The fourth-order valence-electron chi connectivity index (χ4n) is 2.18. The molecule has 1 fully saturated rings. The molecule has 0 saturated carbocycles. The predicted octanol–water partition coefficient (Wildman–Crippen LogP) is 0.299. The van der Waals surface area contributed by atoms with E-state index in [1.165, 1.54) is 0 Å². The van der Waals surface area contributed by atoms with Crippen LogP contribution in [-0.2, 0) is 9.47 Å². The number of aromatic hydroxyl groups is 1. The third kappa shape index (κ3) is 3.47. The number of hydrogen-bond donors (Lipinski definition) is 4. The second-order valence-corrected chi connectivity index (χ2v) is 4.97. The van der Waals surface area contributed by atoms with Crippen LogP contribution in [0.4, 0.5) is 0 Å². The molecule has 1 unspecified atom stereocenters. The molecule has 0 radical (unpaired) electrons. The third-order valence-electron chi connectivity index (χ3n) is 3.42. The van der Waals surface area contributed by atoms with Gasteiger partial charge < -0.3 is 29.9 Å². The number of aliphatic hydroxyl groups excluding tert-OH is 3. The average molecular weight is 284 g/mol. The summed E-state index contributed by atoms with van der Waals surface area (Å²) in [5.74, 6) is 0.165. The number of phenolic OH excluding ortho intramolecular Hbond substituents is 1. The minimum atomic E-state index is -0.952. The van der Waals surface area contributed by atoms with Gasteiger partial charge in [-0.1, -0.05) is 12.1 Å². The van der Waals surface area contributed by atoms with Gasteiger partial charge in [-0.15, -0.1) is 0 Å². The van der Waals surface area contributed by atoms with Gasteiger partial charge >= 0.3 is 0 Å². The van der Waals surface area contributed by atoms with E-state index in [9.17, 15) is 15.3 Å². The van der Waals surface area contributed by atoms with Gasteiger partial charge in [-0.05, 0) is 24.6 Å². The van der Waals surface area contributed by atoms with E-state index in [1.54, 1.807) is 31.2 Å². The van der Waals surface area contributed by atoms with Gasteiger partial charge in [-0.3, -0.25) is 0 Å². The molecule has 4 N–H and O–H groups in total. The predicted molar refractivity (Wildman–Crippen MR) is 70.0 cm³/mol. The summed E-state index contributed by atoms with van der Waals surface area (Å²) < 4.78 is 11.0. The lowest BCUT2D eigenvalue weighted by atomic mass is 10.0. The summed E-state index contributed by atoms with van der Waals surface area (Å²) in [5.41, 5.74) is 0.824. The van der Waals surface area contributed by atoms with Crippen molar-refractivity contribution in [3.05, 3.63) is 29.8 Å². The highest BCUT2D eigenvalue weighted by Gasteiger charge is 2.37. The van der Waals surface area contributed by atoms with Crippen LogP contribution in [0.25, 0.3) is 0 Å². The maximum absolute atomic E-state index is 9.86. The molecule has 0 aromatic heterocycles. The van der Waals surface area contributed by atoms with Crippen molar-refractivity contribution in [2.24, 2.45) is 0 Å². The van der Waals surface area contributed by atoms with Crippen molar-refractivity contribution in [3.63, 3.8) is 0 Å². The van der Waals surface area contributed by atoms with E-state index in [2.05, 4.69) is 0 Å². The van der Waals surface area contributed by atoms with Gasteiger partial charge in [0.2, 0.25) is 0 Å². The van der Waals surface area contributed by atoms with Crippen LogP contribution in [0.15, 0.2) is 24.3 Å². The maximum atomic E-state index is 9.86. The lowest BCUT2D eigenvalue weighted by Crippen LogP contribution is -2.49. The molecule has 1 aliphatic rings. The molecule has 20 heavy (non-hydrogen) atoms. The molecule has 0 amide bonds. The van der Waals surface area contributed by atoms with E-state index in [0.29, 0.717) is 0 Å². The lowest BCUT2D eigenvalue weighted by molar-refractivity contribution is -0.282. The molecule has 1 aliphatic heterocycles. The second kappa shape index (κ2) is 6.51. The highest BCUT2D eigenvalue weighted by Crippen LogP contribution is 2.27. The topological polar surface area (TPSA) is 99.4 Å². The molecular formula is C14H20O6. The van der Waals surface area contributed by atoms with Crippen LogP contribution in [0.2, 0.25) is 0 Å². The van der Waals surface area contributed by atoms with Crippen molar-refractivity contribution in [2.45, 2.75) is 44.1 Å². The van der Waals surface area contributed by atoms with Crippen LogP contribution < -0.4 is 0 Å². The van der Waals surface area contributed by atoms with Crippen LogP contribution in [0.5, 0.6) is 5.75 Å². The maximum Gasteiger partial charge on any atom is 0.184 e. The monoisotopic (exact) mass is 284 g/mol. The van der Waals surface area contributed by atoms with Gasteiger partial charge in [0.25, 0.3) is 0 Å². The van der Waals surface area contributed by atoms with Crippen LogP contribution >= 0.6 is 0 Å². The Morgan fingerprint density at radius 2 is 1.90 bits per heavy atom. The van der Waals surface area contributed by atoms with Crippen molar-refractivity contribution in [3.8, 4) is 5.75 Å². The average Bonchev–Trinajstić information content (AvgIpc) is 2.42. The molecule has 0 spiro atoms. The van der Waals surface area contributed by atoms with E-state index < -0.39 is 24.6 Å². The lowest BCUT2D eigenvalue weighted by Gasteiger charge is -2.37. The summed E-state index contributed by atoms with van der Waals surface area (Å²) in [5, 5.41) is 37.8. The van der Waals surface area contributed by atoms with Crippen molar-refractivity contribution in [1.82, 2.24) is 0 Å². The van der Waals surface area contributed by atoms with Crippen LogP contribution in [0, 0.1) is 0 Å². The summed E-state index contributed by atoms with van der Waals surface area (Å²) in [4.78, 5) is 0. The largest absolute Gasteiger partial charge is 0.508 e. The standard InChI is InChI=1S/C14H20O6/c1-8(9-2-4-10(16)5-3-9)19-14-12(18)6-11(17)13(7-15)20-14/h2-5,8,11-18H,6-7H2,1H3/t8?,11-,12+,13+,14+/m0/s1. The van der Waals surface area contributed by atoms with Crippen LogP contribution in [-0.4, -0.2) is 51.6 Å². The summed E-state index contributed by atoms with van der Waals surface area (Å²) in [6, 6.07) is 6.53. The molecule has 6 nitrogen and oxygen atoms in total. The SMILES string of the molecule is CC(O[C@@H]1O[C@H](CO)[C@@H](O)C[C@H]1O)c1ccc(O)cc1. The first-order valence-corrected chi connectivity index (χ1v) is 6.58. The second-order valence-electron chi connectivity index (χ2n) is 4.97. The van der Waals surface area contributed by atoms with E-state index in [0.717, 1.165) is 5.56 Å². The van der Waals surface area contributed by atoms with Gasteiger partial charge in [-0.2, -0.15) is 0 Å². The van der Waals surface area contributed by atoms with Crippen LogP contribution in [0.3, 0.4) is 0 Å². The molecule has 0 bridgehead atoms. The number of aliphatic hydroxyl groups is 3. The highest BCUT2D eigenvalue weighted by molar-refractivity contribution is 5.27. The van der Waals surface area contributed by atoms with Gasteiger partial charge in [0.05, 0.1) is 18.8 Å². The first-order chi connectivity index (χ1) is 9.51. The zero-order valence-electron chi connectivity index (χ0n) is 11.2. The van der Waals surface area contributed by atoms with E-state index >= 15 is 0 Å². The number of hydrogen-bond acceptors (Lipinski definition) is 6. The Morgan fingerprint density at radius 3 is 2.50 bits per heavy atom. The number of rotatable bonds is 4. The summed E-state index contributed by atoms with van der Waals surface area (Å²) in [6.07, 6.45) is -3.77.